The van der Waals surface area contributed by atoms with Crippen molar-refractivity contribution in [1.82, 2.24) is 14.5 Å². The summed E-state index contributed by atoms with van der Waals surface area (Å²) >= 11 is 0. The van der Waals surface area contributed by atoms with Gasteiger partial charge in [0.05, 0.1) is 5.52 Å². The van der Waals surface area contributed by atoms with Crippen LogP contribution in [-0.4, -0.2) is 34.1 Å². The van der Waals surface area contributed by atoms with Gasteiger partial charge < -0.3 is 9.32 Å². The summed E-state index contributed by atoms with van der Waals surface area (Å²) in [7, 11) is 2.07. The fourth-order valence-corrected chi connectivity index (χ4v) is 2.68. The summed E-state index contributed by atoms with van der Waals surface area (Å²) in [5.74, 6) is -0.294. The van der Waals surface area contributed by atoms with Crippen molar-refractivity contribution in [3.63, 3.8) is 0 Å². The minimum atomic E-state index is -0.294. The summed E-state index contributed by atoms with van der Waals surface area (Å²) in [6, 6.07) is 13.8. The number of aromatic nitrogens is 2. The molecule has 2 heterocycles. The van der Waals surface area contributed by atoms with Crippen molar-refractivity contribution in [2.24, 2.45) is 0 Å². The molecule has 0 fully saturated rings. The van der Waals surface area contributed by atoms with Crippen molar-refractivity contribution in [1.29, 1.82) is 0 Å². The van der Waals surface area contributed by atoms with Gasteiger partial charge in [-0.15, -0.1) is 0 Å². The SMILES string of the molecule is CC(Cc1ccccn1)N(C)CCn1c(=O)oc2ccccc21. The number of pyridine rings is 1. The van der Waals surface area contributed by atoms with Crippen LogP contribution in [0.1, 0.15) is 12.6 Å². The first kappa shape index (κ1) is 15.5. The zero-order chi connectivity index (χ0) is 16.2. The maximum Gasteiger partial charge on any atom is 0.419 e. The fourth-order valence-electron chi connectivity index (χ4n) is 2.68. The Labute approximate surface area is 135 Å². The topological polar surface area (TPSA) is 51.3 Å². The highest BCUT2D eigenvalue weighted by Crippen LogP contribution is 2.12. The Bertz CT molecular complexity index is 823. The normalized spacial score (nSPS) is 12.8. The number of benzene rings is 1. The van der Waals surface area contributed by atoms with Gasteiger partial charge in [0.25, 0.3) is 0 Å². The van der Waals surface area contributed by atoms with Crippen LogP contribution < -0.4 is 5.76 Å². The Hall–Kier alpha value is -2.40. The van der Waals surface area contributed by atoms with Gasteiger partial charge in [-0.25, -0.2) is 4.79 Å². The average molecular weight is 311 g/mol. The van der Waals surface area contributed by atoms with E-state index in [-0.39, 0.29) is 5.76 Å². The van der Waals surface area contributed by atoms with Crippen molar-refractivity contribution in [2.75, 3.05) is 13.6 Å². The number of para-hydroxylation sites is 2. The van der Waals surface area contributed by atoms with Gasteiger partial charge in [-0.2, -0.15) is 0 Å². The molecule has 0 aliphatic heterocycles. The average Bonchev–Trinajstić information content (AvgIpc) is 2.88. The van der Waals surface area contributed by atoms with Crippen molar-refractivity contribution in [3.8, 4) is 0 Å². The number of likely N-dealkylation sites (N-methyl/N-ethyl adjacent to an activating group) is 1. The molecule has 0 bridgehead atoms. The Balaban J connectivity index is 1.65. The van der Waals surface area contributed by atoms with E-state index in [1.54, 1.807) is 4.57 Å². The second-order valence-electron chi connectivity index (χ2n) is 5.84. The molecule has 5 heteroatoms. The molecule has 0 N–H and O–H groups in total. The number of fused-ring (bicyclic) bond motifs is 1. The molecular weight excluding hydrogens is 290 g/mol. The quantitative estimate of drug-likeness (QED) is 0.702. The smallest absolute Gasteiger partial charge is 0.408 e. The maximum absolute atomic E-state index is 12.0. The summed E-state index contributed by atoms with van der Waals surface area (Å²) < 4.78 is 6.96. The van der Waals surface area contributed by atoms with Crippen LogP contribution in [0.15, 0.2) is 57.9 Å². The van der Waals surface area contributed by atoms with Crippen LogP contribution in [0.3, 0.4) is 0 Å². The fraction of sp³-hybridized carbons (Fsp3) is 0.333. The number of hydrogen-bond acceptors (Lipinski definition) is 4. The van der Waals surface area contributed by atoms with E-state index in [4.69, 9.17) is 4.42 Å². The van der Waals surface area contributed by atoms with Crippen LogP contribution in [0, 0.1) is 0 Å². The van der Waals surface area contributed by atoms with Crippen molar-refractivity contribution in [2.45, 2.75) is 25.9 Å². The maximum atomic E-state index is 12.0. The molecule has 120 valence electrons. The van der Waals surface area contributed by atoms with Gasteiger partial charge in [-0.1, -0.05) is 18.2 Å². The molecule has 0 aliphatic rings. The molecular formula is C18H21N3O2. The minimum absolute atomic E-state index is 0.294. The Kier molecular flexibility index (Phi) is 4.57. The molecule has 23 heavy (non-hydrogen) atoms. The Morgan fingerprint density at radius 1 is 1.22 bits per heavy atom. The van der Waals surface area contributed by atoms with Gasteiger partial charge in [0.2, 0.25) is 0 Å². The van der Waals surface area contributed by atoms with Crippen molar-refractivity contribution in [3.05, 3.63) is 64.9 Å². The van der Waals surface area contributed by atoms with Crippen LogP contribution in [-0.2, 0) is 13.0 Å². The van der Waals surface area contributed by atoms with Gasteiger partial charge in [0, 0.05) is 37.4 Å². The zero-order valence-corrected chi connectivity index (χ0v) is 13.5. The summed E-state index contributed by atoms with van der Waals surface area (Å²) in [5, 5.41) is 0. The molecule has 0 spiro atoms. The molecule has 5 nitrogen and oxygen atoms in total. The lowest BCUT2D eigenvalue weighted by Gasteiger charge is -2.24. The molecule has 0 saturated carbocycles. The lowest BCUT2D eigenvalue weighted by atomic mass is 10.1. The van der Waals surface area contributed by atoms with Crippen LogP contribution in [0.2, 0.25) is 0 Å². The van der Waals surface area contributed by atoms with Crippen LogP contribution >= 0.6 is 0 Å². The third-order valence-electron chi connectivity index (χ3n) is 4.23. The molecule has 1 atom stereocenters. The highest BCUT2D eigenvalue weighted by Gasteiger charge is 2.13. The lowest BCUT2D eigenvalue weighted by Crippen LogP contribution is -2.35. The third-order valence-corrected chi connectivity index (χ3v) is 4.23. The molecule has 2 aromatic heterocycles. The lowest BCUT2D eigenvalue weighted by molar-refractivity contribution is 0.243. The Morgan fingerprint density at radius 3 is 2.78 bits per heavy atom. The summed E-state index contributed by atoms with van der Waals surface area (Å²) in [6.07, 6.45) is 2.71. The van der Waals surface area contributed by atoms with E-state index in [2.05, 4.69) is 23.9 Å². The van der Waals surface area contributed by atoms with Gasteiger partial charge in [0.1, 0.15) is 0 Å². The molecule has 3 rings (SSSR count). The monoisotopic (exact) mass is 311 g/mol. The predicted octanol–water partition coefficient (Wildman–Crippen LogP) is 2.55. The molecule has 3 aromatic rings. The number of hydrogen-bond donors (Lipinski definition) is 0. The molecule has 1 aromatic carbocycles. The van der Waals surface area contributed by atoms with E-state index in [0.717, 1.165) is 24.2 Å². The highest BCUT2D eigenvalue weighted by atomic mass is 16.4. The molecule has 0 radical (unpaired) electrons. The first-order valence-electron chi connectivity index (χ1n) is 7.83. The van der Waals surface area contributed by atoms with E-state index in [9.17, 15) is 4.79 Å². The number of rotatable bonds is 6. The van der Waals surface area contributed by atoms with E-state index in [0.29, 0.717) is 18.2 Å². The van der Waals surface area contributed by atoms with Crippen LogP contribution in [0.25, 0.3) is 11.1 Å². The molecule has 1 unspecified atom stereocenters. The van der Waals surface area contributed by atoms with Gasteiger partial charge in [0.15, 0.2) is 5.58 Å². The van der Waals surface area contributed by atoms with Gasteiger partial charge in [-0.05, 0) is 38.2 Å². The van der Waals surface area contributed by atoms with E-state index >= 15 is 0 Å². The first-order chi connectivity index (χ1) is 11.1. The second kappa shape index (κ2) is 6.79. The zero-order valence-electron chi connectivity index (χ0n) is 13.5. The summed E-state index contributed by atoms with van der Waals surface area (Å²) in [4.78, 5) is 18.6. The van der Waals surface area contributed by atoms with Crippen LogP contribution in [0.5, 0.6) is 0 Å². The largest absolute Gasteiger partial charge is 0.419 e. The van der Waals surface area contributed by atoms with Gasteiger partial charge >= 0.3 is 5.76 Å². The number of nitrogens with zero attached hydrogens (tertiary/aromatic N) is 3. The van der Waals surface area contributed by atoms with E-state index in [1.807, 2.05) is 48.7 Å². The molecule has 0 aliphatic carbocycles. The van der Waals surface area contributed by atoms with Crippen molar-refractivity contribution < 1.29 is 4.42 Å². The summed E-state index contributed by atoms with van der Waals surface area (Å²) in [5.41, 5.74) is 2.57. The second-order valence-corrected chi connectivity index (χ2v) is 5.84. The third kappa shape index (κ3) is 3.51. The molecule has 0 amide bonds. The number of oxazole rings is 1. The van der Waals surface area contributed by atoms with Gasteiger partial charge in [-0.3, -0.25) is 9.55 Å². The predicted molar refractivity (Wildman–Crippen MR) is 90.5 cm³/mol. The highest BCUT2D eigenvalue weighted by molar-refractivity contribution is 5.72. The Morgan fingerprint density at radius 2 is 2.00 bits per heavy atom. The molecule has 0 saturated heterocycles. The standard InChI is InChI=1S/C18H21N3O2/c1-14(13-15-7-5-6-10-19-15)20(2)11-12-21-16-8-3-4-9-17(16)23-18(21)22/h3-10,14H,11-13H2,1-2H3. The van der Waals surface area contributed by atoms with Crippen molar-refractivity contribution >= 4 is 11.1 Å². The minimum Gasteiger partial charge on any atom is -0.408 e. The summed E-state index contributed by atoms with van der Waals surface area (Å²) in [6.45, 7) is 3.56. The van der Waals surface area contributed by atoms with E-state index < -0.39 is 0 Å². The van der Waals surface area contributed by atoms with E-state index in [1.165, 1.54) is 0 Å². The first-order valence-corrected chi connectivity index (χ1v) is 7.83. The van der Waals surface area contributed by atoms with Crippen LogP contribution in [0.4, 0.5) is 0 Å².